The lowest BCUT2D eigenvalue weighted by atomic mass is 9.54. The van der Waals surface area contributed by atoms with Gasteiger partial charge in [-0.2, -0.15) is 0 Å². The molecule has 0 radical (unpaired) electrons. The molecule has 13 heteroatoms. The summed E-state index contributed by atoms with van der Waals surface area (Å²) in [5.41, 5.74) is 3.07. The molecule has 0 aliphatic heterocycles. The molecule has 3 aliphatic carbocycles. The van der Waals surface area contributed by atoms with Gasteiger partial charge in [-0.1, -0.05) is 43.3 Å². The van der Waals surface area contributed by atoms with Crippen molar-refractivity contribution >= 4 is 45.4 Å². The number of phenolic OH excluding ortho intramolecular Hbond substituents is 1. The summed E-state index contributed by atoms with van der Waals surface area (Å²) in [6.45, 7) is 1.68. The summed E-state index contributed by atoms with van der Waals surface area (Å²) in [5.74, 6) is -9.37. The van der Waals surface area contributed by atoms with Crippen molar-refractivity contribution in [3.05, 3.63) is 75.9 Å². The number of thiazole rings is 1. The predicted molar refractivity (Wildman–Crippen MR) is 161 cm³/mol. The monoisotopic (exact) mass is 618 g/mol. The molecule has 1 fully saturated rings. The van der Waals surface area contributed by atoms with Crippen LogP contribution in [0.15, 0.2) is 64.8 Å². The highest BCUT2D eigenvalue weighted by molar-refractivity contribution is 7.14. The maximum atomic E-state index is 14.1. The smallest absolute Gasteiger partial charge is 0.255 e. The molecule has 1 amide bonds. The van der Waals surface area contributed by atoms with Crippen molar-refractivity contribution in [2.45, 2.75) is 30.6 Å². The van der Waals surface area contributed by atoms with Gasteiger partial charge in [0.25, 0.3) is 5.91 Å². The van der Waals surface area contributed by atoms with Crippen molar-refractivity contribution in [1.29, 1.82) is 0 Å². The number of carbonyl (C=O) groups excluding carboxylic acids is 3. The van der Waals surface area contributed by atoms with Gasteiger partial charge in [-0.15, -0.1) is 11.3 Å². The lowest BCUT2D eigenvalue weighted by Gasteiger charge is -2.53. The van der Waals surface area contributed by atoms with Crippen LogP contribution < -0.4 is 11.1 Å². The van der Waals surface area contributed by atoms with Crippen LogP contribution in [0.5, 0.6) is 5.75 Å². The zero-order valence-electron chi connectivity index (χ0n) is 23.8. The Morgan fingerprint density at radius 2 is 1.77 bits per heavy atom. The number of nitrogens with one attached hydrogen (secondary N) is 1. The summed E-state index contributed by atoms with van der Waals surface area (Å²) in [6.07, 6.45) is -1.66. The van der Waals surface area contributed by atoms with Crippen molar-refractivity contribution in [3.8, 4) is 17.0 Å². The standard InChI is InChI=1S/C31H30N4O8S/c1-12-14-9-10-15(33-30-34-16(11-44-30)13-7-5-4-6-8-13)23(36)18(14)24(37)19-17(12)25(38)21-22(35(2)3)26(39)20(29(32)42)28(41)31(21,43)27(19)40/h4-12,17,21-22,25,36-38,41,43H,1-3H3,(H2,32,42)(H,33,34)/t12-,17+,21+,22-,25-,31-/m0/s1. The normalized spacial score (nSPS) is 28.1. The van der Waals surface area contributed by atoms with Gasteiger partial charge in [0, 0.05) is 22.4 Å². The van der Waals surface area contributed by atoms with Crippen molar-refractivity contribution in [3.63, 3.8) is 0 Å². The molecule has 0 bridgehead atoms. The SMILES string of the molecule is C[C@H]1c2ccc(Nc3nc(-c4ccccc4)cs3)c(O)c2C(O)=C2C(=O)[C@]3(O)C(O)=C(C(N)=O)C(=O)[C@@H](N(C)C)[C@@H]3[C@@H](O)[C@@H]21. The highest BCUT2D eigenvalue weighted by Crippen LogP contribution is 2.56. The van der Waals surface area contributed by atoms with Gasteiger partial charge in [0.05, 0.1) is 35.0 Å². The molecule has 0 unspecified atom stereocenters. The molecule has 44 heavy (non-hydrogen) atoms. The lowest BCUT2D eigenvalue weighted by molar-refractivity contribution is -0.169. The summed E-state index contributed by atoms with van der Waals surface area (Å²) in [7, 11) is 2.92. The van der Waals surface area contributed by atoms with Crippen molar-refractivity contribution < 1.29 is 39.9 Å². The molecule has 3 aromatic rings. The molecular weight excluding hydrogens is 588 g/mol. The fourth-order valence-corrected chi connectivity index (χ4v) is 7.64. The number of rotatable bonds is 5. The summed E-state index contributed by atoms with van der Waals surface area (Å²) in [5, 5.41) is 62.8. The van der Waals surface area contributed by atoms with Crippen LogP contribution in [0.1, 0.15) is 24.0 Å². The molecule has 0 saturated heterocycles. The molecule has 0 spiro atoms. The number of nitrogens with zero attached hydrogens (tertiary/aromatic N) is 2. The zero-order chi connectivity index (χ0) is 31.8. The van der Waals surface area contributed by atoms with Crippen LogP contribution >= 0.6 is 11.3 Å². The van der Waals surface area contributed by atoms with E-state index in [4.69, 9.17) is 5.73 Å². The molecule has 1 heterocycles. The van der Waals surface area contributed by atoms with Gasteiger partial charge in [-0.25, -0.2) is 4.98 Å². The molecular formula is C31H30N4O8S. The molecule has 1 saturated carbocycles. The Bertz CT molecular complexity index is 1800. The summed E-state index contributed by atoms with van der Waals surface area (Å²) in [6, 6.07) is 11.3. The number of anilines is 2. The fourth-order valence-electron chi connectivity index (χ4n) is 6.91. The van der Waals surface area contributed by atoms with Gasteiger partial charge in [0.1, 0.15) is 22.8 Å². The van der Waals surface area contributed by atoms with Crippen LogP contribution in [0.3, 0.4) is 0 Å². The highest BCUT2D eigenvalue weighted by atomic mass is 32.1. The highest BCUT2D eigenvalue weighted by Gasteiger charge is 2.68. The molecule has 1 aromatic heterocycles. The lowest BCUT2D eigenvalue weighted by Crippen LogP contribution is -2.70. The second-order valence-corrected chi connectivity index (χ2v) is 12.4. The van der Waals surface area contributed by atoms with E-state index in [2.05, 4.69) is 10.3 Å². The number of benzene rings is 2. The van der Waals surface area contributed by atoms with Crippen LogP contribution in [0.4, 0.5) is 10.8 Å². The van der Waals surface area contributed by atoms with Crippen molar-refractivity contribution in [2.75, 3.05) is 19.4 Å². The van der Waals surface area contributed by atoms with Gasteiger partial charge in [-0.3, -0.25) is 19.3 Å². The van der Waals surface area contributed by atoms with Gasteiger partial charge >= 0.3 is 0 Å². The third kappa shape index (κ3) is 4.00. The number of ketones is 2. The van der Waals surface area contributed by atoms with E-state index in [1.54, 1.807) is 19.1 Å². The zero-order valence-corrected chi connectivity index (χ0v) is 24.7. The predicted octanol–water partition coefficient (Wildman–Crippen LogP) is 2.36. The van der Waals surface area contributed by atoms with E-state index >= 15 is 0 Å². The second kappa shape index (κ2) is 10.3. The Balaban J connectivity index is 1.47. The molecule has 2 aromatic carbocycles. The molecule has 6 rings (SSSR count). The Kier molecular flexibility index (Phi) is 6.89. The first kappa shape index (κ1) is 29.5. The number of Topliss-reactive ketones (excluding diaryl/α,β-unsaturated/α-hetero) is 2. The number of likely N-dealkylation sites (N-methyl/N-ethyl adjacent to an activating group) is 1. The van der Waals surface area contributed by atoms with Crippen molar-refractivity contribution in [2.24, 2.45) is 17.6 Å². The second-order valence-electron chi connectivity index (χ2n) is 11.5. The topological polar surface area (TPSA) is 207 Å². The number of hydrogen-bond donors (Lipinski definition) is 7. The largest absolute Gasteiger partial charge is 0.508 e. The van der Waals surface area contributed by atoms with E-state index in [0.717, 1.165) is 5.56 Å². The number of nitrogens with two attached hydrogens (primary N) is 1. The minimum atomic E-state index is -2.97. The minimum absolute atomic E-state index is 0.106. The van der Waals surface area contributed by atoms with Gasteiger partial charge in [-0.05, 0) is 31.6 Å². The average Bonchev–Trinajstić information content (AvgIpc) is 3.45. The average molecular weight is 619 g/mol. The number of aromatic nitrogens is 1. The number of hydrogen-bond acceptors (Lipinski definition) is 12. The van der Waals surface area contributed by atoms with Crippen LogP contribution in [-0.2, 0) is 14.4 Å². The molecule has 3 aliphatic rings. The number of carbonyl (C=O) groups is 3. The van der Waals surface area contributed by atoms with Crippen LogP contribution in [0.2, 0.25) is 0 Å². The van der Waals surface area contributed by atoms with E-state index in [1.807, 2.05) is 35.7 Å². The first-order chi connectivity index (χ1) is 20.8. The summed E-state index contributed by atoms with van der Waals surface area (Å²) in [4.78, 5) is 45.5. The first-order valence-corrected chi connectivity index (χ1v) is 14.6. The maximum absolute atomic E-state index is 14.1. The van der Waals surface area contributed by atoms with E-state index in [1.165, 1.54) is 30.3 Å². The summed E-state index contributed by atoms with van der Waals surface area (Å²) < 4.78 is 0. The van der Waals surface area contributed by atoms with Crippen LogP contribution in [0.25, 0.3) is 17.0 Å². The number of amides is 1. The Labute approximate surface area is 255 Å². The Morgan fingerprint density at radius 1 is 1.09 bits per heavy atom. The van der Waals surface area contributed by atoms with E-state index < -0.39 is 81.4 Å². The van der Waals surface area contributed by atoms with E-state index in [-0.39, 0.29) is 11.3 Å². The molecule has 8 N–H and O–H groups in total. The number of phenols is 1. The fraction of sp³-hybridized carbons (Fsp3) is 0.290. The van der Waals surface area contributed by atoms with Crippen molar-refractivity contribution in [1.82, 2.24) is 9.88 Å². The van der Waals surface area contributed by atoms with Crippen LogP contribution in [0, 0.1) is 11.8 Å². The van der Waals surface area contributed by atoms with E-state index in [9.17, 15) is 39.9 Å². The quantitative estimate of drug-likeness (QED) is 0.163. The number of aliphatic hydroxyl groups is 4. The number of primary amides is 1. The molecule has 6 atom stereocenters. The minimum Gasteiger partial charge on any atom is -0.508 e. The molecule has 12 nitrogen and oxygen atoms in total. The van der Waals surface area contributed by atoms with E-state index in [0.29, 0.717) is 16.4 Å². The number of fused-ring (bicyclic) bond motifs is 3. The number of aromatic hydroxyl groups is 1. The maximum Gasteiger partial charge on any atom is 0.255 e. The molecule has 228 valence electrons. The van der Waals surface area contributed by atoms with Gasteiger partial charge in [0.2, 0.25) is 5.78 Å². The first-order valence-electron chi connectivity index (χ1n) is 13.8. The number of aliphatic hydroxyl groups excluding tert-OH is 3. The third-order valence-electron chi connectivity index (χ3n) is 8.94. The Morgan fingerprint density at radius 3 is 2.41 bits per heavy atom. The Hall–Kier alpha value is -4.56. The third-order valence-corrected chi connectivity index (χ3v) is 9.70. The summed E-state index contributed by atoms with van der Waals surface area (Å²) >= 11 is 1.29. The van der Waals surface area contributed by atoms with Gasteiger partial charge < -0.3 is 36.6 Å². The van der Waals surface area contributed by atoms with Crippen LogP contribution in [-0.4, -0.2) is 84.7 Å². The van der Waals surface area contributed by atoms with Gasteiger partial charge in [0.15, 0.2) is 16.5 Å².